The van der Waals surface area contributed by atoms with Crippen LogP contribution in [0.5, 0.6) is 0 Å². The van der Waals surface area contributed by atoms with Crippen LogP contribution in [0.1, 0.15) is 33.1 Å². The van der Waals surface area contributed by atoms with Gasteiger partial charge in [0.05, 0.1) is 0 Å². The first-order valence-electron chi connectivity index (χ1n) is 5.62. The van der Waals surface area contributed by atoms with E-state index in [-0.39, 0.29) is 0 Å². The van der Waals surface area contributed by atoms with Crippen molar-refractivity contribution in [1.82, 2.24) is 10.2 Å². The standard InChI is InChI=1S/C11H24N2/c1-10-4-7-13(8-5-10)9-6-11(2)12-3/h10-12H,4-9H2,1-3H3/t11-/m1/s1. The third-order valence-electron chi connectivity index (χ3n) is 3.25. The Morgan fingerprint density at radius 1 is 1.38 bits per heavy atom. The van der Waals surface area contributed by atoms with Crippen LogP contribution in [0.4, 0.5) is 0 Å². The number of hydrogen-bond acceptors (Lipinski definition) is 2. The Kier molecular flexibility index (Phi) is 4.74. The Labute approximate surface area is 82.7 Å². The molecule has 0 radical (unpaired) electrons. The summed E-state index contributed by atoms with van der Waals surface area (Å²) in [6.45, 7) is 8.53. The molecule has 1 atom stereocenters. The van der Waals surface area contributed by atoms with Gasteiger partial charge in [0, 0.05) is 6.04 Å². The zero-order chi connectivity index (χ0) is 9.68. The van der Waals surface area contributed by atoms with E-state index in [9.17, 15) is 0 Å². The summed E-state index contributed by atoms with van der Waals surface area (Å²) in [4.78, 5) is 2.60. The van der Waals surface area contributed by atoms with Crippen LogP contribution in [0.25, 0.3) is 0 Å². The highest BCUT2D eigenvalue weighted by molar-refractivity contribution is 4.70. The van der Waals surface area contributed by atoms with E-state index in [2.05, 4.69) is 24.1 Å². The average Bonchev–Trinajstić information content (AvgIpc) is 2.16. The van der Waals surface area contributed by atoms with E-state index < -0.39 is 0 Å². The van der Waals surface area contributed by atoms with Gasteiger partial charge in [0.1, 0.15) is 0 Å². The molecule has 1 aliphatic rings. The second kappa shape index (κ2) is 5.61. The normalized spacial score (nSPS) is 23.3. The van der Waals surface area contributed by atoms with E-state index in [1.807, 2.05) is 7.05 Å². The minimum absolute atomic E-state index is 0.666. The first kappa shape index (κ1) is 11.0. The third-order valence-corrected chi connectivity index (χ3v) is 3.25. The van der Waals surface area contributed by atoms with E-state index >= 15 is 0 Å². The molecule has 1 rings (SSSR count). The lowest BCUT2D eigenvalue weighted by Gasteiger charge is -2.30. The summed E-state index contributed by atoms with van der Waals surface area (Å²) in [6, 6.07) is 0.666. The molecule has 1 saturated heterocycles. The molecule has 0 aromatic rings. The summed E-state index contributed by atoms with van der Waals surface area (Å²) in [5.74, 6) is 0.956. The van der Waals surface area contributed by atoms with Gasteiger partial charge in [0.15, 0.2) is 0 Å². The molecule has 0 saturated carbocycles. The van der Waals surface area contributed by atoms with Gasteiger partial charge in [-0.25, -0.2) is 0 Å². The van der Waals surface area contributed by atoms with Gasteiger partial charge in [-0.1, -0.05) is 6.92 Å². The fraction of sp³-hybridized carbons (Fsp3) is 1.00. The van der Waals surface area contributed by atoms with Crippen LogP contribution >= 0.6 is 0 Å². The highest BCUT2D eigenvalue weighted by Crippen LogP contribution is 2.15. The topological polar surface area (TPSA) is 15.3 Å². The second-order valence-electron chi connectivity index (χ2n) is 4.50. The van der Waals surface area contributed by atoms with Crippen LogP contribution in [0, 0.1) is 5.92 Å². The summed E-state index contributed by atoms with van der Waals surface area (Å²) >= 11 is 0. The van der Waals surface area contributed by atoms with Crippen LogP contribution in [0.2, 0.25) is 0 Å². The highest BCUT2D eigenvalue weighted by atomic mass is 15.1. The minimum Gasteiger partial charge on any atom is -0.317 e. The summed E-state index contributed by atoms with van der Waals surface area (Å²) in [5.41, 5.74) is 0. The number of nitrogens with zero attached hydrogens (tertiary/aromatic N) is 1. The molecule has 1 N–H and O–H groups in total. The number of piperidine rings is 1. The highest BCUT2D eigenvalue weighted by Gasteiger charge is 2.15. The van der Waals surface area contributed by atoms with E-state index in [1.54, 1.807) is 0 Å². The molecule has 13 heavy (non-hydrogen) atoms. The van der Waals surface area contributed by atoms with Gasteiger partial charge < -0.3 is 10.2 Å². The van der Waals surface area contributed by atoms with E-state index in [0.29, 0.717) is 6.04 Å². The molecule has 2 nitrogen and oxygen atoms in total. The first-order chi connectivity index (χ1) is 6.22. The third kappa shape index (κ3) is 4.10. The smallest absolute Gasteiger partial charge is 0.00479 e. The lowest BCUT2D eigenvalue weighted by molar-refractivity contribution is 0.186. The summed E-state index contributed by atoms with van der Waals surface area (Å²) in [5, 5.41) is 3.29. The Morgan fingerprint density at radius 2 is 2.00 bits per heavy atom. The number of hydrogen-bond donors (Lipinski definition) is 1. The SMILES string of the molecule is CN[C@H](C)CCN1CCC(C)CC1. The van der Waals surface area contributed by atoms with Crippen LogP contribution in [-0.2, 0) is 0 Å². The van der Waals surface area contributed by atoms with Crippen molar-refractivity contribution in [2.24, 2.45) is 5.92 Å². The molecule has 0 aliphatic carbocycles. The molecule has 0 amide bonds. The monoisotopic (exact) mass is 184 g/mol. The zero-order valence-electron chi connectivity index (χ0n) is 9.34. The van der Waals surface area contributed by atoms with Gasteiger partial charge in [0.25, 0.3) is 0 Å². The quantitative estimate of drug-likeness (QED) is 0.715. The summed E-state index contributed by atoms with van der Waals surface area (Å²) in [7, 11) is 2.04. The van der Waals surface area contributed by atoms with Crippen molar-refractivity contribution in [2.45, 2.75) is 39.2 Å². The molecule has 1 fully saturated rings. The largest absolute Gasteiger partial charge is 0.317 e. The Morgan fingerprint density at radius 3 is 2.54 bits per heavy atom. The molecule has 1 heterocycles. The summed E-state index contributed by atoms with van der Waals surface area (Å²) in [6.07, 6.45) is 4.08. The number of likely N-dealkylation sites (tertiary alicyclic amines) is 1. The fourth-order valence-corrected chi connectivity index (χ4v) is 1.81. The summed E-state index contributed by atoms with van der Waals surface area (Å²) < 4.78 is 0. The van der Waals surface area contributed by atoms with E-state index in [1.165, 1.54) is 38.9 Å². The first-order valence-corrected chi connectivity index (χ1v) is 5.62. The Balaban J connectivity index is 2.08. The average molecular weight is 184 g/mol. The van der Waals surface area contributed by atoms with E-state index in [0.717, 1.165) is 5.92 Å². The lowest BCUT2D eigenvalue weighted by Crippen LogP contribution is -2.36. The zero-order valence-corrected chi connectivity index (χ0v) is 9.34. The van der Waals surface area contributed by atoms with Crippen molar-refractivity contribution < 1.29 is 0 Å². The van der Waals surface area contributed by atoms with E-state index in [4.69, 9.17) is 0 Å². The van der Waals surface area contributed by atoms with Crippen molar-refractivity contribution >= 4 is 0 Å². The van der Waals surface area contributed by atoms with Gasteiger partial charge in [-0.05, 0) is 58.8 Å². The van der Waals surface area contributed by atoms with Crippen molar-refractivity contribution in [3.63, 3.8) is 0 Å². The van der Waals surface area contributed by atoms with Crippen molar-refractivity contribution in [3.8, 4) is 0 Å². The maximum Gasteiger partial charge on any atom is 0.00479 e. The van der Waals surface area contributed by atoms with Crippen LogP contribution in [0.3, 0.4) is 0 Å². The van der Waals surface area contributed by atoms with Gasteiger partial charge in [-0.3, -0.25) is 0 Å². The predicted octanol–water partition coefficient (Wildman–Crippen LogP) is 1.72. The predicted molar refractivity (Wildman–Crippen MR) is 58.0 cm³/mol. The minimum atomic E-state index is 0.666. The van der Waals surface area contributed by atoms with Crippen LogP contribution < -0.4 is 5.32 Å². The number of rotatable bonds is 4. The second-order valence-corrected chi connectivity index (χ2v) is 4.50. The Hall–Kier alpha value is -0.0800. The Bertz CT molecular complexity index is 128. The molecule has 0 bridgehead atoms. The molecule has 0 aromatic heterocycles. The molecule has 78 valence electrons. The molecular weight excluding hydrogens is 160 g/mol. The van der Waals surface area contributed by atoms with Crippen LogP contribution in [0.15, 0.2) is 0 Å². The van der Waals surface area contributed by atoms with Crippen LogP contribution in [-0.4, -0.2) is 37.6 Å². The number of nitrogens with one attached hydrogen (secondary N) is 1. The maximum atomic E-state index is 3.29. The molecule has 0 spiro atoms. The lowest BCUT2D eigenvalue weighted by atomic mass is 9.99. The van der Waals surface area contributed by atoms with Crippen molar-refractivity contribution in [3.05, 3.63) is 0 Å². The van der Waals surface area contributed by atoms with Gasteiger partial charge in [-0.2, -0.15) is 0 Å². The van der Waals surface area contributed by atoms with Gasteiger partial charge >= 0.3 is 0 Å². The van der Waals surface area contributed by atoms with Crippen molar-refractivity contribution in [1.29, 1.82) is 0 Å². The maximum absolute atomic E-state index is 3.29. The van der Waals surface area contributed by atoms with Gasteiger partial charge in [-0.15, -0.1) is 0 Å². The molecule has 2 heteroatoms. The fourth-order valence-electron chi connectivity index (χ4n) is 1.81. The molecule has 0 aromatic carbocycles. The van der Waals surface area contributed by atoms with Crippen molar-refractivity contribution in [2.75, 3.05) is 26.7 Å². The molecular formula is C11H24N2. The van der Waals surface area contributed by atoms with Gasteiger partial charge in [0.2, 0.25) is 0 Å². The molecule has 1 aliphatic heterocycles. The molecule has 0 unspecified atom stereocenters.